The first kappa shape index (κ1) is 19.1. The van der Waals surface area contributed by atoms with Crippen molar-refractivity contribution in [3.8, 4) is 22.8 Å². The van der Waals surface area contributed by atoms with E-state index < -0.39 is 0 Å². The fourth-order valence-electron chi connectivity index (χ4n) is 3.29. The van der Waals surface area contributed by atoms with Crippen molar-refractivity contribution in [1.29, 1.82) is 0 Å². The molecule has 0 saturated heterocycles. The Balaban J connectivity index is 2.29. The van der Waals surface area contributed by atoms with E-state index in [-0.39, 0.29) is 0 Å². The Labute approximate surface area is 166 Å². The molecule has 0 atom stereocenters. The first-order valence-electron chi connectivity index (χ1n) is 8.51. The molecule has 3 aromatic rings. The number of hydrogen-bond donors (Lipinski definition) is 2. The molecule has 26 heavy (non-hydrogen) atoms. The SMILES string of the molecule is COc1cccc(OC)c1-c1[nH]c2c(Cl)cc(Br)cc2c1CCCCN. The Hall–Kier alpha value is -1.69. The fraction of sp³-hybridized carbons (Fsp3) is 0.300. The quantitative estimate of drug-likeness (QED) is 0.476. The predicted octanol–water partition coefficient (Wildman–Crippen LogP) is 5.55. The minimum atomic E-state index is 0.676. The number of halogens is 2. The van der Waals surface area contributed by atoms with E-state index in [1.54, 1.807) is 14.2 Å². The van der Waals surface area contributed by atoms with Gasteiger partial charge in [-0.3, -0.25) is 0 Å². The van der Waals surface area contributed by atoms with Gasteiger partial charge in [0.2, 0.25) is 0 Å². The third-order valence-corrected chi connectivity index (χ3v) is 5.25. The molecule has 138 valence electrons. The summed E-state index contributed by atoms with van der Waals surface area (Å²) in [5, 5.41) is 1.78. The number of aromatic nitrogens is 1. The first-order chi connectivity index (χ1) is 12.6. The van der Waals surface area contributed by atoms with Crippen LogP contribution in [0.1, 0.15) is 18.4 Å². The van der Waals surface area contributed by atoms with E-state index in [0.29, 0.717) is 11.6 Å². The number of fused-ring (bicyclic) bond motifs is 1. The Bertz CT molecular complexity index is 902. The first-order valence-corrected chi connectivity index (χ1v) is 9.68. The van der Waals surface area contributed by atoms with Crippen molar-refractivity contribution in [2.45, 2.75) is 19.3 Å². The molecule has 3 N–H and O–H groups in total. The number of aromatic amines is 1. The van der Waals surface area contributed by atoms with Crippen LogP contribution in [-0.2, 0) is 6.42 Å². The molecular formula is C20H22BrClN2O2. The average molecular weight is 438 g/mol. The van der Waals surface area contributed by atoms with Gasteiger partial charge in [0.05, 0.1) is 36.0 Å². The van der Waals surface area contributed by atoms with Crippen LogP contribution in [0.4, 0.5) is 0 Å². The van der Waals surface area contributed by atoms with Crippen molar-refractivity contribution in [3.05, 3.63) is 45.4 Å². The van der Waals surface area contributed by atoms with Gasteiger partial charge in [-0.1, -0.05) is 33.6 Å². The molecule has 0 saturated carbocycles. The highest BCUT2D eigenvalue weighted by molar-refractivity contribution is 9.10. The van der Waals surface area contributed by atoms with Gasteiger partial charge in [0.25, 0.3) is 0 Å². The Morgan fingerprint density at radius 1 is 1.12 bits per heavy atom. The van der Waals surface area contributed by atoms with Gasteiger partial charge in [-0.05, 0) is 55.6 Å². The third-order valence-electron chi connectivity index (χ3n) is 4.49. The van der Waals surface area contributed by atoms with Crippen LogP contribution in [0.25, 0.3) is 22.2 Å². The number of aryl methyl sites for hydroxylation is 1. The molecule has 0 aliphatic carbocycles. The molecule has 0 aliphatic rings. The third kappa shape index (κ3) is 3.56. The van der Waals surface area contributed by atoms with Crippen LogP contribution in [0.3, 0.4) is 0 Å². The van der Waals surface area contributed by atoms with E-state index in [9.17, 15) is 0 Å². The number of benzene rings is 2. The van der Waals surface area contributed by atoms with Gasteiger partial charge in [0.15, 0.2) is 0 Å². The summed E-state index contributed by atoms with van der Waals surface area (Å²) in [6.45, 7) is 0.681. The molecule has 0 aliphatic heterocycles. The number of hydrogen-bond acceptors (Lipinski definition) is 3. The van der Waals surface area contributed by atoms with Gasteiger partial charge in [-0.2, -0.15) is 0 Å². The zero-order valence-corrected chi connectivity index (χ0v) is 17.2. The van der Waals surface area contributed by atoms with Crippen LogP contribution >= 0.6 is 27.5 Å². The second-order valence-corrected chi connectivity index (χ2v) is 7.39. The lowest BCUT2D eigenvalue weighted by atomic mass is 9.99. The predicted molar refractivity (Wildman–Crippen MR) is 112 cm³/mol. The standard InChI is InChI=1S/C20H22BrClN2O2/c1-25-16-7-5-8-17(26-2)18(16)20-13(6-3-4-9-23)14-10-12(21)11-15(22)19(14)24-20/h5,7-8,10-11,24H,3-4,6,9,23H2,1-2H3. The molecule has 1 heterocycles. The van der Waals surface area contributed by atoms with E-state index in [2.05, 4.69) is 27.0 Å². The molecular weight excluding hydrogens is 416 g/mol. The van der Waals surface area contributed by atoms with E-state index >= 15 is 0 Å². The summed E-state index contributed by atoms with van der Waals surface area (Å²) in [6, 6.07) is 9.78. The summed E-state index contributed by atoms with van der Waals surface area (Å²) in [5.41, 5.74) is 9.69. The maximum Gasteiger partial charge on any atom is 0.131 e. The summed E-state index contributed by atoms with van der Waals surface area (Å²) in [5.74, 6) is 1.51. The monoisotopic (exact) mass is 436 g/mol. The minimum Gasteiger partial charge on any atom is -0.496 e. The van der Waals surface area contributed by atoms with E-state index in [1.165, 1.54) is 5.56 Å². The van der Waals surface area contributed by atoms with Gasteiger partial charge in [-0.25, -0.2) is 0 Å². The molecule has 0 bridgehead atoms. The van der Waals surface area contributed by atoms with Gasteiger partial charge < -0.3 is 20.2 Å². The Morgan fingerprint density at radius 3 is 2.42 bits per heavy atom. The van der Waals surface area contributed by atoms with E-state index in [4.69, 9.17) is 26.8 Å². The van der Waals surface area contributed by atoms with Crippen molar-refractivity contribution in [2.75, 3.05) is 20.8 Å². The number of nitrogens with two attached hydrogens (primary N) is 1. The summed E-state index contributed by atoms with van der Waals surface area (Å²) in [6.07, 6.45) is 2.86. The number of methoxy groups -OCH3 is 2. The zero-order chi connectivity index (χ0) is 18.7. The number of unbranched alkanes of at least 4 members (excludes halogenated alkanes) is 1. The van der Waals surface area contributed by atoms with Gasteiger partial charge in [0.1, 0.15) is 11.5 Å². The molecule has 0 radical (unpaired) electrons. The van der Waals surface area contributed by atoms with E-state index in [0.717, 1.165) is 57.4 Å². The van der Waals surface area contributed by atoms with Crippen LogP contribution in [0.5, 0.6) is 11.5 Å². The molecule has 3 rings (SSSR count). The average Bonchev–Trinajstić information content (AvgIpc) is 2.99. The van der Waals surface area contributed by atoms with Crippen molar-refractivity contribution in [3.63, 3.8) is 0 Å². The van der Waals surface area contributed by atoms with Gasteiger partial charge in [-0.15, -0.1) is 0 Å². The summed E-state index contributed by atoms with van der Waals surface area (Å²) >= 11 is 10.1. The highest BCUT2D eigenvalue weighted by Gasteiger charge is 2.21. The Morgan fingerprint density at radius 2 is 1.81 bits per heavy atom. The van der Waals surface area contributed by atoms with Crippen LogP contribution < -0.4 is 15.2 Å². The zero-order valence-electron chi connectivity index (χ0n) is 14.9. The van der Waals surface area contributed by atoms with Crippen LogP contribution in [0.15, 0.2) is 34.8 Å². The maximum absolute atomic E-state index is 6.50. The lowest BCUT2D eigenvalue weighted by Crippen LogP contribution is -2.00. The smallest absolute Gasteiger partial charge is 0.131 e. The fourth-order valence-corrected chi connectivity index (χ4v) is 4.15. The highest BCUT2D eigenvalue weighted by Crippen LogP contribution is 2.43. The topological polar surface area (TPSA) is 60.3 Å². The molecule has 1 aromatic heterocycles. The summed E-state index contributed by atoms with van der Waals surface area (Å²) in [7, 11) is 3.33. The molecule has 2 aromatic carbocycles. The van der Waals surface area contributed by atoms with Crippen molar-refractivity contribution in [2.24, 2.45) is 5.73 Å². The lowest BCUT2D eigenvalue weighted by Gasteiger charge is -2.14. The number of rotatable bonds is 7. The van der Waals surface area contributed by atoms with Crippen molar-refractivity contribution < 1.29 is 9.47 Å². The maximum atomic E-state index is 6.50. The van der Waals surface area contributed by atoms with E-state index in [1.807, 2.05) is 24.3 Å². The minimum absolute atomic E-state index is 0.676. The van der Waals surface area contributed by atoms with Crippen molar-refractivity contribution in [1.82, 2.24) is 4.98 Å². The molecule has 0 unspecified atom stereocenters. The van der Waals surface area contributed by atoms with Crippen LogP contribution in [0.2, 0.25) is 5.02 Å². The number of ether oxygens (including phenoxy) is 2. The molecule has 0 amide bonds. The van der Waals surface area contributed by atoms with Gasteiger partial charge in [0, 0.05) is 9.86 Å². The molecule has 6 heteroatoms. The normalized spacial score (nSPS) is 11.1. The largest absolute Gasteiger partial charge is 0.496 e. The number of H-pyrrole nitrogens is 1. The van der Waals surface area contributed by atoms with Crippen LogP contribution in [-0.4, -0.2) is 25.7 Å². The number of nitrogens with one attached hydrogen (secondary N) is 1. The van der Waals surface area contributed by atoms with Gasteiger partial charge >= 0.3 is 0 Å². The highest BCUT2D eigenvalue weighted by atomic mass is 79.9. The lowest BCUT2D eigenvalue weighted by molar-refractivity contribution is 0.397. The molecule has 0 spiro atoms. The van der Waals surface area contributed by atoms with Crippen molar-refractivity contribution >= 4 is 38.4 Å². The summed E-state index contributed by atoms with van der Waals surface area (Å²) in [4.78, 5) is 3.51. The molecule has 4 nitrogen and oxygen atoms in total. The second kappa shape index (κ2) is 8.33. The summed E-state index contributed by atoms with van der Waals surface area (Å²) < 4.78 is 12.2. The second-order valence-electron chi connectivity index (χ2n) is 6.07. The molecule has 0 fully saturated rings. The van der Waals surface area contributed by atoms with Crippen LogP contribution in [0, 0.1) is 0 Å². The Kier molecular flexibility index (Phi) is 6.12.